The molecule has 0 radical (unpaired) electrons. The first-order valence-electron chi connectivity index (χ1n) is 10.3. The van der Waals surface area contributed by atoms with Gasteiger partial charge >= 0.3 is 0 Å². The van der Waals surface area contributed by atoms with Crippen molar-refractivity contribution in [1.82, 2.24) is 15.6 Å². The number of benzene rings is 1. The smallest absolute Gasteiger partial charge is 0.226 e. The molecule has 1 saturated carbocycles. The summed E-state index contributed by atoms with van der Waals surface area (Å²) < 4.78 is 5.28. The second-order valence-corrected chi connectivity index (χ2v) is 7.84. The maximum Gasteiger partial charge on any atom is 0.226 e. The number of carbonyl (C=O) groups is 1. The molecule has 0 bridgehead atoms. The van der Waals surface area contributed by atoms with Crippen LogP contribution < -0.4 is 10.6 Å². The van der Waals surface area contributed by atoms with Crippen LogP contribution in [0.3, 0.4) is 0 Å². The molecule has 1 aliphatic carbocycles. The molecule has 2 heterocycles. The first-order valence-corrected chi connectivity index (χ1v) is 10.3. The van der Waals surface area contributed by atoms with Gasteiger partial charge in [-0.1, -0.05) is 36.8 Å². The molecular weight excluding hydrogens is 364 g/mol. The van der Waals surface area contributed by atoms with Gasteiger partial charge in [0.25, 0.3) is 0 Å². The number of hydrogen-bond acceptors (Lipinski definition) is 5. The topological polar surface area (TPSA) is 75.6 Å². The van der Waals surface area contributed by atoms with Gasteiger partial charge in [0.1, 0.15) is 5.84 Å². The number of hydrogen-bond donors (Lipinski definition) is 2. The first kappa shape index (κ1) is 19.6. The van der Waals surface area contributed by atoms with Gasteiger partial charge in [-0.3, -0.25) is 14.8 Å². The van der Waals surface area contributed by atoms with Crippen LogP contribution in [-0.2, 0) is 22.5 Å². The van der Waals surface area contributed by atoms with Gasteiger partial charge in [0, 0.05) is 25.4 Å². The van der Waals surface area contributed by atoms with Crippen molar-refractivity contribution in [2.75, 3.05) is 20.3 Å². The average molecular weight is 393 g/mol. The molecule has 0 spiro atoms. The van der Waals surface area contributed by atoms with E-state index in [4.69, 9.17) is 4.74 Å². The Bertz CT molecular complexity index is 878. The summed E-state index contributed by atoms with van der Waals surface area (Å²) in [6.45, 7) is 2.07. The molecule has 1 aromatic heterocycles. The molecule has 29 heavy (non-hydrogen) atoms. The molecule has 1 aliphatic heterocycles. The number of ether oxygens (including phenoxy) is 1. The third-order valence-corrected chi connectivity index (χ3v) is 5.70. The summed E-state index contributed by atoms with van der Waals surface area (Å²) >= 11 is 0. The van der Waals surface area contributed by atoms with Crippen molar-refractivity contribution >= 4 is 11.7 Å². The lowest BCUT2D eigenvalue weighted by Crippen LogP contribution is -2.33. The van der Waals surface area contributed by atoms with Gasteiger partial charge in [-0.05, 0) is 36.0 Å². The van der Waals surface area contributed by atoms with Crippen molar-refractivity contribution in [3.05, 3.63) is 65.0 Å². The van der Waals surface area contributed by atoms with E-state index < -0.39 is 0 Å². The predicted molar refractivity (Wildman–Crippen MR) is 113 cm³/mol. The number of amides is 1. The Balaban J connectivity index is 1.35. The minimum Gasteiger partial charge on any atom is -0.382 e. The summed E-state index contributed by atoms with van der Waals surface area (Å²) in [6, 6.07) is 11.7. The lowest BCUT2D eigenvalue weighted by atomic mass is 9.85. The molecular formula is C23H28N4O2. The molecule has 6 heteroatoms. The number of aromatic nitrogens is 1. The molecule has 0 saturated heterocycles. The highest BCUT2D eigenvalue weighted by atomic mass is 16.5. The van der Waals surface area contributed by atoms with Crippen LogP contribution in [0.5, 0.6) is 0 Å². The Morgan fingerprint density at radius 1 is 1.28 bits per heavy atom. The van der Waals surface area contributed by atoms with Gasteiger partial charge in [0.2, 0.25) is 5.91 Å². The van der Waals surface area contributed by atoms with Crippen molar-refractivity contribution in [3.8, 4) is 0 Å². The van der Waals surface area contributed by atoms with Crippen LogP contribution in [0.2, 0.25) is 0 Å². The first-order chi connectivity index (χ1) is 14.2. The zero-order valence-corrected chi connectivity index (χ0v) is 16.9. The average Bonchev–Trinajstić information content (AvgIpc) is 3.09. The highest BCUT2D eigenvalue weighted by Crippen LogP contribution is 2.26. The number of fused-ring (bicyclic) bond motifs is 1. The SMILES string of the molecule is COCC(NC(=O)Cc1cc2c(cn1)C(NCC1CCC1)=NC2)c1ccccc1. The maximum absolute atomic E-state index is 12.6. The van der Waals surface area contributed by atoms with E-state index in [9.17, 15) is 4.79 Å². The van der Waals surface area contributed by atoms with Crippen LogP contribution in [0.15, 0.2) is 47.6 Å². The number of rotatable bonds is 8. The van der Waals surface area contributed by atoms with Crippen LogP contribution in [0.1, 0.15) is 47.7 Å². The quantitative estimate of drug-likeness (QED) is 0.724. The zero-order valence-electron chi connectivity index (χ0n) is 16.9. The van der Waals surface area contributed by atoms with Gasteiger partial charge in [-0.15, -0.1) is 0 Å². The lowest BCUT2D eigenvalue weighted by Gasteiger charge is -2.25. The highest BCUT2D eigenvalue weighted by molar-refractivity contribution is 6.01. The fourth-order valence-electron chi connectivity index (χ4n) is 3.81. The summed E-state index contributed by atoms with van der Waals surface area (Å²) in [6.07, 6.45) is 6.06. The Labute approximate surface area is 171 Å². The van der Waals surface area contributed by atoms with E-state index in [1.54, 1.807) is 7.11 Å². The Hall–Kier alpha value is -2.73. The molecule has 1 aromatic carbocycles. The number of amidine groups is 1. The molecule has 1 fully saturated rings. The number of nitrogens with one attached hydrogen (secondary N) is 2. The zero-order chi connectivity index (χ0) is 20.1. The number of aliphatic imine (C=N–C) groups is 1. The molecule has 2 aliphatic rings. The largest absolute Gasteiger partial charge is 0.382 e. The second-order valence-electron chi connectivity index (χ2n) is 7.84. The number of pyridine rings is 1. The molecule has 1 amide bonds. The van der Waals surface area contributed by atoms with E-state index in [0.717, 1.165) is 40.7 Å². The second kappa shape index (κ2) is 9.18. The monoisotopic (exact) mass is 392 g/mol. The lowest BCUT2D eigenvalue weighted by molar-refractivity contribution is -0.121. The normalized spacial score (nSPS) is 16.5. The molecule has 6 nitrogen and oxygen atoms in total. The summed E-state index contributed by atoms with van der Waals surface area (Å²) in [5.74, 6) is 1.66. The van der Waals surface area contributed by atoms with Gasteiger partial charge < -0.3 is 15.4 Å². The van der Waals surface area contributed by atoms with E-state index in [1.807, 2.05) is 42.6 Å². The molecule has 1 atom stereocenters. The molecule has 2 N–H and O–H groups in total. The summed E-state index contributed by atoms with van der Waals surface area (Å²) in [4.78, 5) is 21.7. The van der Waals surface area contributed by atoms with Crippen molar-refractivity contribution in [2.45, 2.75) is 38.3 Å². The molecule has 2 aromatic rings. The third-order valence-electron chi connectivity index (χ3n) is 5.70. The van der Waals surface area contributed by atoms with E-state index in [-0.39, 0.29) is 18.4 Å². The van der Waals surface area contributed by atoms with Gasteiger partial charge in [-0.2, -0.15) is 0 Å². The van der Waals surface area contributed by atoms with Gasteiger partial charge in [0.05, 0.1) is 31.3 Å². The van der Waals surface area contributed by atoms with E-state index in [1.165, 1.54) is 19.3 Å². The fraction of sp³-hybridized carbons (Fsp3) is 0.435. The van der Waals surface area contributed by atoms with Crippen molar-refractivity contribution in [3.63, 3.8) is 0 Å². The number of carbonyl (C=O) groups excluding carboxylic acids is 1. The summed E-state index contributed by atoms with van der Waals surface area (Å²) in [7, 11) is 1.64. The van der Waals surface area contributed by atoms with Gasteiger partial charge in [0.15, 0.2) is 0 Å². The number of methoxy groups -OCH3 is 1. The van der Waals surface area contributed by atoms with Crippen molar-refractivity contribution in [2.24, 2.45) is 10.9 Å². The van der Waals surface area contributed by atoms with Crippen molar-refractivity contribution < 1.29 is 9.53 Å². The van der Waals surface area contributed by atoms with Crippen LogP contribution in [0.25, 0.3) is 0 Å². The highest BCUT2D eigenvalue weighted by Gasteiger charge is 2.22. The molecule has 1 unspecified atom stereocenters. The van der Waals surface area contributed by atoms with Crippen LogP contribution >= 0.6 is 0 Å². The van der Waals surface area contributed by atoms with E-state index in [2.05, 4.69) is 20.6 Å². The number of nitrogens with zero attached hydrogens (tertiary/aromatic N) is 2. The maximum atomic E-state index is 12.6. The Morgan fingerprint density at radius 3 is 2.83 bits per heavy atom. The standard InChI is InChI=1S/C23H28N4O2/c1-29-15-21(17-8-3-2-4-9-17)27-22(28)11-19-10-18-13-26-23(20(18)14-24-19)25-12-16-6-5-7-16/h2-4,8-10,14,16,21H,5-7,11-13,15H2,1H3,(H,25,26)(H,27,28). The van der Waals surface area contributed by atoms with Crippen LogP contribution in [-0.4, -0.2) is 37.0 Å². The third kappa shape index (κ3) is 4.82. The van der Waals surface area contributed by atoms with Crippen molar-refractivity contribution in [1.29, 1.82) is 0 Å². The predicted octanol–water partition coefficient (Wildman–Crippen LogP) is 2.78. The molecule has 4 rings (SSSR count). The van der Waals surface area contributed by atoms with Gasteiger partial charge in [-0.25, -0.2) is 0 Å². The Kier molecular flexibility index (Phi) is 6.20. The van der Waals surface area contributed by atoms with E-state index in [0.29, 0.717) is 13.2 Å². The minimum absolute atomic E-state index is 0.0643. The fourth-order valence-corrected chi connectivity index (χ4v) is 3.81. The minimum atomic E-state index is -0.172. The summed E-state index contributed by atoms with van der Waals surface area (Å²) in [5, 5.41) is 6.53. The van der Waals surface area contributed by atoms with E-state index >= 15 is 0 Å². The Morgan fingerprint density at radius 2 is 2.10 bits per heavy atom. The van der Waals surface area contributed by atoms with Crippen LogP contribution in [0.4, 0.5) is 0 Å². The van der Waals surface area contributed by atoms with Crippen LogP contribution in [0, 0.1) is 5.92 Å². The summed E-state index contributed by atoms with van der Waals surface area (Å²) in [5.41, 5.74) is 3.99. The molecule has 152 valence electrons.